The Morgan fingerprint density at radius 2 is 1.62 bits per heavy atom. The topological polar surface area (TPSA) is 83.6 Å². The van der Waals surface area contributed by atoms with Gasteiger partial charge in [-0.05, 0) is 37.5 Å². The van der Waals surface area contributed by atoms with Crippen molar-refractivity contribution in [3.63, 3.8) is 0 Å². The molecule has 0 aliphatic carbocycles. The van der Waals surface area contributed by atoms with E-state index in [1.54, 1.807) is 0 Å². The van der Waals surface area contributed by atoms with Crippen LogP contribution in [0, 0.1) is 10.8 Å². The number of carbonyl (C=O) groups is 4. The van der Waals surface area contributed by atoms with Gasteiger partial charge in [-0.1, -0.05) is 60.8 Å². The SMILES string of the molecule is CCC(C)(CC)CCNC(=O)CCCCCN1C(=O)CC(SCCC(=O)C(C)(CC)CC)C1=O. The molecule has 0 saturated carbocycles. The summed E-state index contributed by atoms with van der Waals surface area (Å²) in [5.41, 5.74) is 0.00393. The van der Waals surface area contributed by atoms with Crippen molar-refractivity contribution in [2.24, 2.45) is 10.8 Å². The molecule has 1 aliphatic heterocycles. The molecule has 1 atom stereocenters. The Hall–Kier alpha value is -1.37. The molecule has 1 heterocycles. The number of nitrogens with one attached hydrogen (secondary N) is 1. The molecule has 0 bridgehead atoms. The van der Waals surface area contributed by atoms with E-state index in [0.29, 0.717) is 37.1 Å². The van der Waals surface area contributed by atoms with Gasteiger partial charge in [-0.25, -0.2) is 0 Å². The maximum Gasteiger partial charge on any atom is 0.242 e. The van der Waals surface area contributed by atoms with Crippen LogP contribution >= 0.6 is 11.8 Å². The monoisotopic (exact) mass is 496 g/mol. The van der Waals surface area contributed by atoms with Crippen LogP contribution in [-0.2, 0) is 19.2 Å². The molecular weight excluding hydrogens is 448 g/mol. The zero-order valence-electron chi connectivity index (χ0n) is 22.5. The van der Waals surface area contributed by atoms with Gasteiger partial charge in [0.2, 0.25) is 17.7 Å². The number of rotatable bonds is 18. The zero-order valence-corrected chi connectivity index (χ0v) is 23.3. The standard InChI is InChI=1S/C27H48N2O4S/c1-7-26(5,8-2)16-17-28-23(31)14-12-11-13-18-29-24(32)20-21(25(29)33)34-19-15-22(30)27(6,9-3)10-4/h21H,7-20H2,1-6H3,(H,28,31). The fourth-order valence-electron chi connectivity index (χ4n) is 4.19. The summed E-state index contributed by atoms with van der Waals surface area (Å²) in [7, 11) is 0. The molecule has 34 heavy (non-hydrogen) atoms. The van der Waals surface area contributed by atoms with Crippen molar-refractivity contribution in [3.8, 4) is 0 Å². The number of nitrogens with zero attached hydrogens (tertiary/aromatic N) is 1. The molecule has 1 aliphatic rings. The molecule has 1 fully saturated rings. The number of likely N-dealkylation sites (tertiary alicyclic amines) is 1. The summed E-state index contributed by atoms with van der Waals surface area (Å²) in [6, 6.07) is 0. The third kappa shape index (κ3) is 9.35. The van der Waals surface area contributed by atoms with E-state index in [2.05, 4.69) is 26.1 Å². The van der Waals surface area contributed by atoms with Crippen LogP contribution in [0.4, 0.5) is 0 Å². The predicted molar refractivity (Wildman–Crippen MR) is 141 cm³/mol. The average molecular weight is 497 g/mol. The van der Waals surface area contributed by atoms with Crippen molar-refractivity contribution in [1.82, 2.24) is 10.2 Å². The molecule has 7 heteroatoms. The minimum atomic E-state index is -0.363. The summed E-state index contributed by atoms with van der Waals surface area (Å²) in [6.07, 6.45) is 8.30. The number of ketones is 1. The average Bonchev–Trinajstić information content (AvgIpc) is 3.10. The van der Waals surface area contributed by atoms with Crippen LogP contribution in [0.15, 0.2) is 0 Å². The molecule has 1 N–H and O–H groups in total. The lowest BCUT2D eigenvalue weighted by atomic mass is 9.79. The Morgan fingerprint density at radius 3 is 2.21 bits per heavy atom. The second-order valence-corrected chi connectivity index (χ2v) is 11.6. The maximum atomic E-state index is 12.7. The van der Waals surface area contributed by atoms with Crippen LogP contribution in [0.3, 0.4) is 0 Å². The lowest BCUT2D eigenvalue weighted by Gasteiger charge is -2.26. The first kappa shape index (κ1) is 30.7. The highest BCUT2D eigenvalue weighted by atomic mass is 32.2. The maximum absolute atomic E-state index is 12.7. The van der Waals surface area contributed by atoms with Crippen molar-refractivity contribution in [3.05, 3.63) is 0 Å². The first-order valence-electron chi connectivity index (χ1n) is 13.3. The molecular formula is C27H48N2O4S. The van der Waals surface area contributed by atoms with Crippen molar-refractivity contribution < 1.29 is 19.2 Å². The van der Waals surface area contributed by atoms with Gasteiger partial charge in [0.15, 0.2) is 0 Å². The molecule has 1 saturated heterocycles. The van der Waals surface area contributed by atoms with Gasteiger partial charge in [0.1, 0.15) is 5.78 Å². The third-order valence-corrected chi connectivity index (χ3v) is 9.34. The molecule has 6 nitrogen and oxygen atoms in total. The highest BCUT2D eigenvalue weighted by molar-refractivity contribution is 8.00. The van der Waals surface area contributed by atoms with E-state index in [9.17, 15) is 19.2 Å². The van der Waals surface area contributed by atoms with Crippen LogP contribution in [0.2, 0.25) is 0 Å². The fraction of sp³-hybridized carbons (Fsp3) is 0.852. The van der Waals surface area contributed by atoms with Gasteiger partial charge in [-0.2, -0.15) is 0 Å². The van der Waals surface area contributed by atoms with E-state index < -0.39 is 0 Å². The summed E-state index contributed by atoms with van der Waals surface area (Å²) < 4.78 is 0. The molecule has 0 radical (unpaired) electrons. The number of unbranched alkanes of at least 4 members (excludes halogenated alkanes) is 2. The summed E-state index contributed by atoms with van der Waals surface area (Å²) >= 11 is 1.44. The number of hydrogen-bond donors (Lipinski definition) is 1. The minimum absolute atomic E-state index is 0.0798. The summed E-state index contributed by atoms with van der Waals surface area (Å²) in [5, 5.41) is 2.66. The van der Waals surface area contributed by atoms with E-state index in [4.69, 9.17) is 0 Å². The minimum Gasteiger partial charge on any atom is -0.356 e. The van der Waals surface area contributed by atoms with Gasteiger partial charge in [0.05, 0.1) is 5.25 Å². The molecule has 0 aromatic carbocycles. The van der Waals surface area contributed by atoms with Gasteiger partial charge in [0.25, 0.3) is 0 Å². The molecule has 0 aromatic rings. The number of thioether (sulfide) groups is 1. The lowest BCUT2D eigenvalue weighted by Crippen LogP contribution is -2.32. The molecule has 0 spiro atoms. The van der Waals surface area contributed by atoms with Gasteiger partial charge >= 0.3 is 0 Å². The second kappa shape index (κ2) is 14.9. The van der Waals surface area contributed by atoms with Crippen LogP contribution in [0.25, 0.3) is 0 Å². The normalized spacial score (nSPS) is 16.9. The van der Waals surface area contributed by atoms with E-state index in [0.717, 1.165) is 51.4 Å². The van der Waals surface area contributed by atoms with Gasteiger partial charge in [-0.15, -0.1) is 11.8 Å². The second-order valence-electron chi connectivity index (χ2n) is 10.3. The van der Waals surface area contributed by atoms with Crippen LogP contribution in [0.5, 0.6) is 0 Å². The lowest BCUT2D eigenvalue weighted by molar-refractivity contribution is -0.138. The first-order valence-corrected chi connectivity index (χ1v) is 14.4. The fourth-order valence-corrected chi connectivity index (χ4v) is 5.30. The summed E-state index contributed by atoms with van der Waals surface area (Å²) in [5.74, 6) is 0.664. The Balaban J connectivity index is 2.26. The highest BCUT2D eigenvalue weighted by Crippen LogP contribution is 2.31. The van der Waals surface area contributed by atoms with E-state index in [1.807, 2.05) is 20.8 Å². The van der Waals surface area contributed by atoms with Crippen LogP contribution in [0.1, 0.15) is 112 Å². The van der Waals surface area contributed by atoms with E-state index in [1.165, 1.54) is 16.7 Å². The Bertz CT molecular complexity index is 686. The summed E-state index contributed by atoms with van der Waals surface area (Å²) in [4.78, 5) is 50.9. The van der Waals surface area contributed by atoms with E-state index in [-0.39, 0.29) is 40.6 Å². The van der Waals surface area contributed by atoms with E-state index >= 15 is 0 Å². The van der Waals surface area contributed by atoms with Crippen molar-refractivity contribution in [1.29, 1.82) is 0 Å². The number of carbonyl (C=O) groups excluding carboxylic acids is 4. The van der Waals surface area contributed by atoms with Crippen molar-refractivity contribution in [2.75, 3.05) is 18.8 Å². The number of amides is 3. The summed E-state index contributed by atoms with van der Waals surface area (Å²) in [6.45, 7) is 13.9. The predicted octanol–water partition coefficient (Wildman–Crippen LogP) is 5.53. The first-order chi connectivity index (χ1) is 16.1. The number of imide groups is 1. The van der Waals surface area contributed by atoms with Gasteiger partial charge in [0, 0.05) is 43.5 Å². The zero-order chi connectivity index (χ0) is 25.8. The molecule has 196 valence electrons. The third-order valence-electron chi connectivity index (χ3n) is 8.13. The Kier molecular flexibility index (Phi) is 13.4. The van der Waals surface area contributed by atoms with Crippen molar-refractivity contribution >= 4 is 35.3 Å². The number of hydrogen-bond acceptors (Lipinski definition) is 5. The largest absolute Gasteiger partial charge is 0.356 e. The van der Waals surface area contributed by atoms with Gasteiger partial charge < -0.3 is 5.32 Å². The molecule has 1 unspecified atom stereocenters. The molecule has 3 amide bonds. The van der Waals surface area contributed by atoms with Crippen LogP contribution in [-0.4, -0.2) is 52.5 Å². The molecule has 0 aromatic heterocycles. The number of Topliss-reactive ketones (excluding diaryl/α,β-unsaturated/α-hetero) is 1. The Labute approximate surface area is 211 Å². The highest BCUT2D eigenvalue weighted by Gasteiger charge is 2.38. The van der Waals surface area contributed by atoms with Crippen LogP contribution < -0.4 is 5.32 Å². The smallest absolute Gasteiger partial charge is 0.242 e. The quantitative estimate of drug-likeness (QED) is 0.199. The van der Waals surface area contributed by atoms with Crippen molar-refractivity contribution in [2.45, 2.75) is 117 Å². The van der Waals surface area contributed by atoms with Gasteiger partial charge in [-0.3, -0.25) is 24.1 Å². The Morgan fingerprint density at radius 1 is 0.971 bits per heavy atom. The molecule has 1 rings (SSSR count).